The minimum atomic E-state index is -1.04. The Morgan fingerprint density at radius 2 is 2.05 bits per heavy atom. The van der Waals surface area contributed by atoms with Crippen LogP contribution in [0.5, 0.6) is 5.75 Å². The lowest BCUT2D eigenvalue weighted by atomic mass is 9.99. The van der Waals surface area contributed by atoms with Crippen molar-refractivity contribution in [1.82, 2.24) is 5.32 Å². The molecule has 0 bridgehead atoms. The van der Waals surface area contributed by atoms with E-state index in [0.29, 0.717) is 16.6 Å². The van der Waals surface area contributed by atoms with Crippen LogP contribution in [0.15, 0.2) is 27.1 Å². The van der Waals surface area contributed by atoms with Crippen LogP contribution in [0.3, 0.4) is 0 Å². The van der Waals surface area contributed by atoms with Crippen molar-refractivity contribution in [2.45, 2.75) is 26.3 Å². The molecule has 0 saturated carbocycles. The normalized spacial score (nSPS) is 13.3. The fraction of sp³-hybridized carbons (Fsp3) is 0.429. The van der Waals surface area contributed by atoms with Crippen LogP contribution in [0.1, 0.15) is 20.3 Å². The van der Waals surface area contributed by atoms with Crippen LogP contribution in [0.25, 0.3) is 0 Å². The Labute approximate surface area is 140 Å². The van der Waals surface area contributed by atoms with E-state index in [0.717, 1.165) is 4.47 Å². The second-order valence-corrected chi connectivity index (χ2v) is 6.40. The minimum absolute atomic E-state index is 0.147. The zero-order valence-corrected chi connectivity index (χ0v) is 14.9. The van der Waals surface area contributed by atoms with Crippen molar-refractivity contribution in [1.29, 1.82) is 0 Å². The van der Waals surface area contributed by atoms with Gasteiger partial charge in [-0.15, -0.1) is 0 Å². The van der Waals surface area contributed by atoms with E-state index in [1.165, 1.54) is 0 Å². The number of aliphatic carboxylic acids is 1. The molecule has 0 aliphatic rings. The van der Waals surface area contributed by atoms with Crippen molar-refractivity contribution >= 4 is 43.7 Å². The summed E-state index contributed by atoms with van der Waals surface area (Å²) in [5.41, 5.74) is 0. The van der Waals surface area contributed by atoms with E-state index in [1.807, 2.05) is 6.92 Å². The molecule has 0 aliphatic carbocycles. The van der Waals surface area contributed by atoms with Crippen LogP contribution in [-0.2, 0) is 9.59 Å². The lowest BCUT2D eigenvalue weighted by Crippen LogP contribution is -2.46. The Hall–Kier alpha value is -1.08. The van der Waals surface area contributed by atoms with Crippen LogP contribution in [0.4, 0.5) is 0 Å². The number of carbonyl (C=O) groups is 2. The Bertz CT molecular complexity index is 522. The van der Waals surface area contributed by atoms with Gasteiger partial charge in [0, 0.05) is 4.47 Å². The van der Waals surface area contributed by atoms with E-state index >= 15 is 0 Å². The van der Waals surface area contributed by atoms with Crippen LogP contribution in [0.2, 0.25) is 0 Å². The summed E-state index contributed by atoms with van der Waals surface area (Å²) in [6, 6.07) is 4.40. The number of carboxylic acids is 1. The maximum atomic E-state index is 11.8. The molecule has 0 radical (unpaired) electrons. The van der Waals surface area contributed by atoms with Crippen LogP contribution in [-0.4, -0.2) is 29.6 Å². The Morgan fingerprint density at radius 3 is 2.57 bits per heavy atom. The SMILES string of the molecule is CCC(C)C(NC(=O)COc1ccc(Br)cc1Br)C(=O)O. The maximum absolute atomic E-state index is 11.8. The first kappa shape index (κ1) is 18.0. The Morgan fingerprint density at radius 1 is 1.38 bits per heavy atom. The molecule has 116 valence electrons. The average Bonchev–Trinajstić information content (AvgIpc) is 2.42. The van der Waals surface area contributed by atoms with Crippen molar-refractivity contribution in [3.05, 3.63) is 27.1 Å². The van der Waals surface area contributed by atoms with Gasteiger partial charge in [0.25, 0.3) is 5.91 Å². The van der Waals surface area contributed by atoms with Crippen molar-refractivity contribution in [2.24, 2.45) is 5.92 Å². The predicted octanol–water partition coefficient (Wildman–Crippen LogP) is 3.21. The molecular weight excluding hydrogens is 406 g/mol. The highest BCUT2D eigenvalue weighted by atomic mass is 79.9. The zero-order valence-electron chi connectivity index (χ0n) is 11.7. The summed E-state index contributed by atoms with van der Waals surface area (Å²) >= 11 is 6.64. The molecule has 2 unspecified atom stereocenters. The molecule has 0 fully saturated rings. The molecule has 1 amide bonds. The van der Waals surface area contributed by atoms with Crippen LogP contribution in [0, 0.1) is 5.92 Å². The van der Waals surface area contributed by atoms with Gasteiger partial charge < -0.3 is 15.2 Å². The van der Waals surface area contributed by atoms with Gasteiger partial charge in [0.1, 0.15) is 11.8 Å². The van der Waals surface area contributed by atoms with Gasteiger partial charge in [0.05, 0.1) is 4.47 Å². The first-order chi connectivity index (χ1) is 9.85. The molecule has 21 heavy (non-hydrogen) atoms. The number of amides is 1. The molecule has 0 saturated heterocycles. The van der Waals surface area contributed by atoms with Gasteiger partial charge in [-0.25, -0.2) is 4.79 Å². The number of halogens is 2. The third-order valence-corrected chi connectivity index (χ3v) is 4.16. The summed E-state index contributed by atoms with van der Waals surface area (Å²) in [6.07, 6.45) is 0.663. The summed E-state index contributed by atoms with van der Waals surface area (Å²) < 4.78 is 6.97. The Balaban J connectivity index is 2.58. The Kier molecular flexibility index (Phi) is 7.17. The van der Waals surface area contributed by atoms with Crippen molar-refractivity contribution < 1.29 is 19.4 Å². The van der Waals surface area contributed by atoms with Gasteiger partial charge >= 0.3 is 5.97 Å². The number of nitrogens with one attached hydrogen (secondary N) is 1. The lowest BCUT2D eigenvalue weighted by Gasteiger charge is -2.20. The molecular formula is C14H17Br2NO4. The zero-order chi connectivity index (χ0) is 16.0. The van der Waals surface area contributed by atoms with Gasteiger partial charge in [0.15, 0.2) is 6.61 Å². The number of carboxylic acid groups (broad SMARTS) is 1. The summed E-state index contributed by atoms with van der Waals surface area (Å²) in [4.78, 5) is 22.9. The van der Waals surface area contributed by atoms with Crippen molar-refractivity contribution in [2.75, 3.05) is 6.61 Å². The van der Waals surface area contributed by atoms with Gasteiger partial charge in [-0.3, -0.25) is 4.79 Å². The number of ether oxygens (including phenoxy) is 1. The predicted molar refractivity (Wildman–Crippen MR) is 86.4 cm³/mol. The fourth-order valence-electron chi connectivity index (χ4n) is 1.63. The molecule has 1 rings (SSSR count). The monoisotopic (exact) mass is 421 g/mol. The second kappa shape index (κ2) is 8.38. The van der Waals surface area contributed by atoms with Gasteiger partial charge in [0.2, 0.25) is 0 Å². The first-order valence-corrected chi connectivity index (χ1v) is 8.03. The quantitative estimate of drug-likeness (QED) is 0.707. The molecule has 7 heteroatoms. The molecule has 5 nitrogen and oxygen atoms in total. The molecule has 2 atom stereocenters. The minimum Gasteiger partial charge on any atom is -0.483 e. The van der Waals surface area contributed by atoms with Gasteiger partial charge in [-0.1, -0.05) is 36.2 Å². The van der Waals surface area contributed by atoms with Crippen LogP contribution < -0.4 is 10.1 Å². The summed E-state index contributed by atoms with van der Waals surface area (Å²) in [6.45, 7) is 3.42. The standard InChI is InChI=1S/C14H17Br2NO4/c1-3-8(2)13(14(19)20)17-12(18)7-21-11-5-4-9(15)6-10(11)16/h4-6,8,13H,3,7H2,1-2H3,(H,17,18)(H,19,20). The topological polar surface area (TPSA) is 75.6 Å². The molecule has 1 aromatic rings. The highest BCUT2D eigenvalue weighted by Gasteiger charge is 2.25. The van der Waals surface area contributed by atoms with E-state index in [-0.39, 0.29) is 12.5 Å². The molecule has 0 aliphatic heterocycles. The third-order valence-electron chi connectivity index (χ3n) is 3.05. The molecule has 0 spiro atoms. The number of benzene rings is 1. The molecule has 1 aromatic carbocycles. The van der Waals surface area contributed by atoms with E-state index in [9.17, 15) is 9.59 Å². The molecule has 0 heterocycles. The average molecular weight is 423 g/mol. The number of hydrogen-bond donors (Lipinski definition) is 2. The smallest absolute Gasteiger partial charge is 0.326 e. The highest BCUT2D eigenvalue weighted by Crippen LogP contribution is 2.28. The van der Waals surface area contributed by atoms with Crippen molar-refractivity contribution in [3.8, 4) is 5.75 Å². The number of rotatable bonds is 7. The summed E-state index contributed by atoms with van der Waals surface area (Å²) in [5, 5.41) is 11.6. The van der Waals surface area contributed by atoms with Crippen molar-refractivity contribution in [3.63, 3.8) is 0 Å². The maximum Gasteiger partial charge on any atom is 0.326 e. The largest absolute Gasteiger partial charge is 0.483 e. The molecule has 2 N–H and O–H groups in total. The van der Waals surface area contributed by atoms with E-state index < -0.39 is 17.9 Å². The van der Waals surface area contributed by atoms with E-state index in [2.05, 4.69) is 37.2 Å². The summed E-state index contributed by atoms with van der Waals surface area (Å²) in [5.74, 6) is -1.13. The first-order valence-electron chi connectivity index (χ1n) is 6.45. The van der Waals surface area contributed by atoms with E-state index in [1.54, 1.807) is 25.1 Å². The highest BCUT2D eigenvalue weighted by molar-refractivity contribution is 9.11. The lowest BCUT2D eigenvalue weighted by molar-refractivity contribution is -0.143. The molecule has 0 aromatic heterocycles. The van der Waals surface area contributed by atoms with Crippen LogP contribution >= 0.6 is 31.9 Å². The number of hydrogen-bond acceptors (Lipinski definition) is 3. The van der Waals surface area contributed by atoms with Gasteiger partial charge in [-0.05, 0) is 40.0 Å². The second-order valence-electron chi connectivity index (χ2n) is 4.63. The fourth-order valence-corrected chi connectivity index (χ4v) is 2.80. The number of carbonyl (C=O) groups excluding carboxylic acids is 1. The third kappa shape index (κ3) is 5.67. The van der Waals surface area contributed by atoms with Gasteiger partial charge in [-0.2, -0.15) is 0 Å². The van der Waals surface area contributed by atoms with E-state index in [4.69, 9.17) is 9.84 Å². The summed E-state index contributed by atoms with van der Waals surface area (Å²) in [7, 11) is 0.